The van der Waals surface area contributed by atoms with Gasteiger partial charge in [0.2, 0.25) is 0 Å². The summed E-state index contributed by atoms with van der Waals surface area (Å²) in [7, 11) is 0. The number of halogens is 2. The van der Waals surface area contributed by atoms with Gasteiger partial charge in [-0.15, -0.1) is 0 Å². The smallest absolute Gasteiger partial charge is 0.168 e. The molecule has 0 spiro atoms. The van der Waals surface area contributed by atoms with E-state index in [0.29, 0.717) is 33.5 Å². The Hall–Kier alpha value is -1.84. The number of aldehydes is 1. The average molecular weight is 319 g/mol. The van der Waals surface area contributed by atoms with Crippen LogP contribution in [0, 0.1) is 6.92 Å². The van der Waals surface area contributed by atoms with Crippen LogP contribution in [0.15, 0.2) is 36.5 Å². The number of fused-ring (bicyclic) bond motifs is 1. The molecule has 0 saturated carbocycles. The highest BCUT2D eigenvalue weighted by atomic mass is 35.5. The zero-order valence-corrected chi connectivity index (χ0v) is 12.8. The van der Waals surface area contributed by atoms with E-state index in [2.05, 4.69) is 4.98 Å². The lowest BCUT2D eigenvalue weighted by Crippen LogP contribution is -1.96. The zero-order valence-electron chi connectivity index (χ0n) is 11.3. The number of imidazole rings is 1. The minimum Gasteiger partial charge on any atom is -0.296 e. The number of benzene rings is 1. The SMILES string of the molecule is Cc1ccc(Cc2nc3c(Cl)cc(Cl)cn3c2C=O)cc1. The summed E-state index contributed by atoms with van der Waals surface area (Å²) < 4.78 is 1.64. The minimum atomic E-state index is 0.431. The second-order valence-corrected chi connectivity index (χ2v) is 5.77. The molecule has 0 bridgehead atoms. The van der Waals surface area contributed by atoms with Gasteiger partial charge in [-0.25, -0.2) is 4.98 Å². The fourth-order valence-corrected chi connectivity index (χ4v) is 2.81. The van der Waals surface area contributed by atoms with E-state index in [1.54, 1.807) is 16.7 Å². The van der Waals surface area contributed by atoms with Gasteiger partial charge in [0.15, 0.2) is 11.9 Å². The Kier molecular flexibility index (Phi) is 3.70. The number of pyridine rings is 1. The van der Waals surface area contributed by atoms with Crippen LogP contribution in [0.5, 0.6) is 0 Å². The Morgan fingerprint density at radius 1 is 1.24 bits per heavy atom. The van der Waals surface area contributed by atoms with Crippen LogP contribution in [0.4, 0.5) is 0 Å². The van der Waals surface area contributed by atoms with Crippen molar-refractivity contribution in [3.8, 4) is 0 Å². The van der Waals surface area contributed by atoms with Crippen LogP contribution in [0.3, 0.4) is 0 Å². The molecule has 21 heavy (non-hydrogen) atoms. The van der Waals surface area contributed by atoms with Crippen molar-refractivity contribution < 1.29 is 4.79 Å². The molecule has 0 aliphatic carbocycles. The van der Waals surface area contributed by atoms with Gasteiger partial charge in [0, 0.05) is 12.6 Å². The van der Waals surface area contributed by atoms with E-state index in [1.807, 2.05) is 31.2 Å². The summed E-state index contributed by atoms with van der Waals surface area (Å²) >= 11 is 12.1. The number of hydrogen-bond acceptors (Lipinski definition) is 2. The molecule has 1 aromatic carbocycles. The fourth-order valence-electron chi connectivity index (χ4n) is 2.29. The molecule has 0 radical (unpaired) electrons. The van der Waals surface area contributed by atoms with Crippen LogP contribution in [0.2, 0.25) is 10.0 Å². The third-order valence-electron chi connectivity index (χ3n) is 3.36. The maximum atomic E-state index is 11.4. The number of nitrogens with zero attached hydrogens (tertiary/aromatic N) is 2. The van der Waals surface area contributed by atoms with Crippen molar-refractivity contribution in [3.63, 3.8) is 0 Å². The Labute approximate surface area is 132 Å². The van der Waals surface area contributed by atoms with Crippen molar-refractivity contribution in [3.05, 3.63) is 69.1 Å². The molecule has 3 rings (SSSR count). The van der Waals surface area contributed by atoms with Crippen LogP contribution in [0.25, 0.3) is 5.65 Å². The first kappa shape index (κ1) is 14.1. The Morgan fingerprint density at radius 3 is 2.62 bits per heavy atom. The summed E-state index contributed by atoms with van der Waals surface area (Å²) in [4.78, 5) is 15.9. The van der Waals surface area contributed by atoms with Crippen LogP contribution < -0.4 is 0 Å². The van der Waals surface area contributed by atoms with Gasteiger partial charge in [-0.2, -0.15) is 0 Å². The van der Waals surface area contributed by atoms with Crippen molar-refractivity contribution in [1.29, 1.82) is 0 Å². The van der Waals surface area contributed by atoms with E-state index in [9.17, 15) is 4.79 Å². The summed E-state index contributed by atoms with van der Waals surface area (Å²) in [5.74, 6) is 0. The van der Waals surface area contributed by atoms with E-state index in [0.717, 1.165) is 11.8 Å². The van der Waals surface area contributed by atoms with E-state index < -0.39 is 0 Å². The van der Waals surface area contributed by atoms with Crippen molar-refractivity contribution >= 4 is 35.1 Å². The van der Waals surface area contributed by atoms with Gasteiger partial charge in [0.1, 0.15) is 5.69 Å². The van der Waals surface area contributed by atoms with Gasteiger partial charge in [0.05, 0.1) is 15.7 Å². The van der Waals surface area contributed by atoms with Crippen LogP contribution in [0.1, 0.15) is 27.3 Å². The first-order valence-electron chi connectivity index (χ1n) is 6.45. The number of hydrogen-bond donors (Lipinski definition) is 0. The normalized spacial score (nSPS) is 11.0. The first-order chi connectivity index (χ1) is 10.1. The highest BCUT2D eigenvalue weighted by molar-refractivity contribution is 6.36. The standard InChI is InChI=1S/C16H12Cl2N2O/c1-10-2-4-11(5-3-10)6-14-15(9-21)20-8-12(17)7-13(18)16(20)19-14/h2-5,7-9H,6H2,1H3. The summed E-state index contributed by atoms with van der Waals surface area (Å²) in [5.41, 5.74) is 4.01. The molecule has 3 nitrogen and oxygen atoms in total. The molecular formula is C16H12Cl2N2O. The Bertz CT molecular complexity index is 822. The lowest BCUT2D eigenvalue weighted by Gasteiger charge is -2.01. The maximum absolute atomic E-state index is 11.4. The van der Waals surface area contributed by atoms with Crippen LogP contribution in [-0.2, 0) is 6.42 Å². The molecule has 3 aromatic rings. The van der Waals surface area contributed by atoms with E-state index in [4.69, 9.17) is 23.2 Å². The van der Waals surface area contributed by atoms with Crippen molar-refractivity contribution in [2.24, 2.45) is 0 Å². The lowest BCUT2D eigenvalue weighted by atomic mass is 10.1. The average Bonchev–Trinajstić information content (AvgIpc) is 2.79. The Balaban J connectivity index is 2.12. The quantitative estimate of drug-likeness (QED) is 0.673. The molecule has 0 amide bonds. The highest BCUT2D eigenvalue weighted by Crippen LogP contribution is 2.25. The molecule has 0 fully saturated rings. The third-order valence-corrected chi connectivity index (χ3v) is 3.84. The maximum Gasteiger partial charge on any atom is 0.168 e. The van der Waals surface area contributed by atoms with E-state index >= 15 is 0 Å². The van der Waals surface area contributed by atoms with Crippen molar-refractivity contribution in [2.45, 2.75) is 13.3 Å². The second-order valence-electron chi connectivity index (χ2n) is 4.92. The van der Waals surface area contributed by atoms with Crippen molar-refractivity contribution in [2.75, 3.05) is 0 Å². The highest BCUT2D eigenvalue weighted by Gasteiger charge is 2.15. The number of aryl methyl sites for hydroxylation is 1. The first-order valence-corrected chi connectivity index (χ1v) is 7.21. The molecular weight excluding hydrogens is 307 g/mol. The molecule has 0 saturated heterocycles. The van der Waals surface area contributed by atoms with Gasteiger partial charge in [-0.3, -0.25) is 9.20 Å². The minimum absolute atomic E-state index is 0.431. The van der Waals surface area contributed by atoms with Gasteiger partial charge in [-0.05, 0) is 18.6 Å². The summed E-state index contributed by atoms with van der Waals surface area (Å²) in [6, 6.07) is 9.76. The molecule has 2 heterocycles. The van der Waals surface area contributed by atoms with Crippen molar-refractivity contribution in [1.82, 2.24) is 9.38 Å². The number of aromatic nitrogens is 2. The van der Waals surface area contributed by atoms with Gasteiger partial charge in [-0.1, -0.05) is 53.0 Å². The molecule has 0 N–H and O–H groups in total. The molecule has 2 aromatic heterocycles. The van der Waals surface area contributed by atoms with Crippen LogP contribution >= 0.6 is 23.2 Å². The van der Waals surface area contributed by atoms with E-state index in [1.165, 1.54) is 5.56 Å². The molecule has 106 valence electrons. The fraction of sp³-hybridized carbons (Fsp3) is 0.125. The number of carbonyl (C=O) groups is 1. The summed E-state index contributed by atoms with van der Waals surface area (Å²) in [6.07, 6.45) is 3.01. The zero-order chi connectivity index (χ0) is 15.0. The van der Waals surface area contributed by atoms with E-state index in [-0.39, 0.29) is 0 Å². The second kappa shape index (κ2) is 5.51. The molecule has 0 aliphatic heterocycles. The summed E-state index contributed by atoms with van der Waals surface area (Å²) in [6.45, 7) is 2.04. The number of carbonyl (C=O) groups excluding carboxylic acids is 1. The molecule has 0 unspecified atom stereocenters. The van der Waals surface area contributed by atoms with Gasteiger partial charge >= 0.3 is 0 Å². The monoisotopic (exact) mass is 318 g/mol. The predicted molar refractivity (Wildman–Crippen MR) is 84.6 cm³/mol. The lowest BCUT2D eigenvalue weighted by molar-refractivity contribution is 0.111. The van der Waals surface area contributed by atoms with Gasteiger partial charge in [0.25, 0.3) is 0 Å². The molecule has 5 heteroatoms. The molecule has 0 aliphatic rings. The topological polar surface area (TPSA) is 34.4 Å². The predicted octanol–water partition coefficient (Wildman–Crippen LogP) is 4.35. The third kappa shape index (κ3) is 2.67. The Morgan fingerprint density at radius 2 is 1.95 bits per heavy atom. The van der Waals surface area contributed by atoms with Crippen LogP contribution in [-0.4, -0.2) is 15.7 Å². The van der Waals surface area contributed by atoms with Gasteiger partial charge < -0.3 is 0 Å². The number of rotatable bonds is 3. The largest absolute Gasteiger partial charge is 0.296 e. The molecule has 0 atom stereocenters. The summed E-state index contributed by atoms with van der Waals surface area (Å²) in [5, 5.41) is 0.899.